The van der Waals surface area contributed by atoms with Crippen molar-refractivity contribution in [3.8, 4) is 0 Å². The molecule has 1 atom stereocenters. The van der Waals surface area contributed by atoms with E-state index in [1.807, 2.05) is 0 Å². The lowest BCUT2D eigenvalue weighted by Gasteiger charge is -2.29. The molecular weight excluding hydrogens is 212 g/mol. The van der Waals surface area contributed by atoms with Crippen molar-refractivity contribution >= 4 is 0 Å². The van der Waals surface area contributed by atoms with E-state index < -0.39 is 0 Å². The van der Waals surface area contributed by atoms with Crippen LogP contribution < -0.4 is 5.32 Å². The van der Waals surface area contributed by atoms with Gasteiger partial charge in [0.05, 0.1) is 6.61 Å². The highest BCUT2D eigenvalue weighted by Gasteiger charge is 2.31. The van der Waals surface area contributed by atoms with Crippen LogP contribution in [0.4, 0.5) is 0 Å². The molecule has 3 heteroatoms. The van der Waals surface area contributed by atoms with Crippen molar-refractivity contribution in [1.29, 1.82) is 0 Å². The van der Waals surface area contributed by atoms with Crippen LogP contribution in [0.1, 0.15) is 39.5 Å². The number of nitrogens with zero attached hydrogens (tertiary/aromatic N) is 1. The zero-order valence-electron chi connectivity index (χ0n) is 11.9. The fraction of sp³-hybridized carbons (Fsp3) is 1.00. The van der Waals surface area contributed by atoms with Crippen LogP contribution in [-0.4, -0.2) is 50.8 Å². The third kappa shape index (κ3) is 6.39. The normalized spacial score (nSPS) is 17.6. The lowest BCUT2D eigenvalue weighted by molar-refractivity contribution is 0.116. The summed E-state index contributed by atoms with van der Waals surface area (Å²) in [6.07, 6.45) is 5.34. The van der Waals surface area contributed by atoms with Crippen LogP contribution in [0, 0.1) is 5.92 Å². The molecule has 0 bridgehead atoms. The van der Waals surface area contributed by atoms with E-state index in [0.717, 1.165) is 38.2 Å². The molecule has 1 aliphatic rings. The molecule has 17 heavy (non-hydrogen) atoms. The molecule has 1 aliphatic carbocycles. The van der Waals surface area contributed by atoms with Gasteiger partial charge in [-0.3, -0.25) is 4.90 Å². The maximum Gasteiger partial charge on any atom is 0.0589 e. The number of hydrogen-bond acceptors (Lipinski definition) is 3. The van der Waals surface area contributed by atoms with Gasteiger partial charge in [0, 0.05) is 19.7 Å². The summed E-state index contributed by atoms with van der Waals surface area (Å²) >= 11 is 0. The Hall–Kier alpha value is -0.120. The van der Waals surface area contributed by atoms with Crippen molar-refractivity contribution in [2.75, 3.05) is 39.9 Å². The molecule has 0 aromatic carbocycles. The Morgan fingerprint density at radius 1 is 1.29 bits per heavy atom. The third-order valence-electron chi connectivity index (χ3n) is 3.69. The Labute approximate surface area is 107 Å². The molecule has 0 amide bonds. The lowest BCUT2D eigenvalue weighted by Crippen LogP contribution is -2.38. The van der Waals surface area contributed by atoms with Gasteiger partial charge in [-0.15, -0.1) is 0 Å². The monoisotopic (exact) mass is 242 g/mol. The second-order valence-corrected chi connectivity index (χ2v) is 5.21. The van der Waals surface area contributed by atoms with Crippen molar-refractivity contribution in [3.05, 3.63) is 0 Å². The Balaban J connectivity index is 2.15. The first-order chi connectivity index (χ1) is 8.29. The van der Waals surface area contributed by atoms with Crippen molar-refractivity contribution in [2.24, 2.45) is 5.92 Å². The van der Waals surface area contributed by atoms with E-state index in [-0.39, 0.29) is 0 Å². The Bertz CT molecular complexity index is 183. The molecule has 1 unspecified atom stereocenters. The van der Waals surface area contributed by atoms with E-state index >= 15 is 0 Å². The van der Waals surface area contributed by atoms with E-state index in [9.17, 15) is 0 Å². The highest BCUT2D eigenvalue weighted by Crippen LogP contribution is 2.35. The molecule has 1 rings (SSSR count). The SMILES string of the molecule is CCCNCCCN(CCOC)C(C)C1CC1. The van der Waals surface area contributed by atoms with Gasteiger partial charge >= 0.3 is 0 Å². The molecule has 1 saturated carbocycles. The fourth-order valence-corrected chi connectivity index (χ4v) is 2.31. The molecule has 3 nitrogen and oxygen atoms in total. The van der Waals surface area contributed by atoms with Crippen molar-refractivity contribution in [1.82, 2.24) is 10.2 Å². The Morgan fingerprint density at radius 3 is 2.65 bits per heavy atom. The van der Waals surface area contributed by atoms with Gasteiger partial charge in [0.25, 0.3) is 0 Å². The van der Waals surface area contributed by atoms with Crippen LogP contribution >= 0.6 is 0 Å². The highest BCUT2D eigenvalue weighted by molar-refractivity contribution is 4.85. The molecule has 0 aliphatic heterocycles. The topological polar surface area (TPSA) is 24.5 Å². The van der Waals surface area contributed by atoms with Gasteiger partial charge in [-0.25, -0.2) is 0 Å². The van der Waals surface area contributed by atoms with E-state index in [1.54, 1.807) is 7.11 Å². The van der Waals surface area contributed by atoms with Gasteiger partial charge in [-0.2, -0.15) is 0 Å². The largest absolute Gasteiger partial charge is 0.383 e. The molecular formula is C14H30N2O. The lowest BCUT2D eigenvalue weighted by atomic mass is 10.1. The summed E-state index contributed by atoms with van der Waals surface area (Å²) in [6.45, 7) is 10.0. The van der Waals surface area contributed by atoms with Crippen molar-refractivity contribution in [3.63, 3.8) is 0 Å². The minimum absolute atomic E-state index is 0.747. The van der Waals surface area contributed by atoms with Gasteiger partial charge in [-0.05, 0) is 58.2 Å². The van der Waals surface area contributed by atoms with Gasteiger partial charge in [0.2, 0.25) is 0 Å². The summed E-state index contributed by atoms with van der Waals surface area (Å²) in [5.41, 5.74) is 0. The van der Waals surface area contributed by atoms with Crippen molar-refractivity contribution in [2.45, 2.75) is 45.6 Å². The van der Waals surface area contributed by atoms with Crippen LogP contribution in [0.3, 0.4) is 0 Å². The molecule has 0 radical (unpaired) electrons. The number of ether oxygens (including phenoxy) is 1. The molecule has 0 spiro atoms. The van der Waals surface area contributed by atoms with E-state index in [4.69, 9.17) is 4.74 Å². The molecule has 0 heterocycles. The average molecular weight is 242 g/mol. The maximum atomic E-state index is 5.21. The van der Waals surface area contributed by atoms with Crippen LogP contribution in [0.25, 0.3) is 0 Å². The zero-order valence-corrected chi connectivity index (χ0v) is 11.9. The molecule has 0 aromatic heterocycles. The number of methoxy groups -OCH3 is 1. The second kappa shape index (κ2) is 8.90. The van der Waals surface area contributed by atoms with Gasteiger partial charge < -0.3 is 10.1 Å². The number of nitrogens with one attached hydrogen (secondary N) is 1. The van der Waals surface area contributed by atoms with Crippen molar-refractivity contribution < 1.29 is 4.74 Å². The van der Waals surface area contributed by atoms with Crippen LogP contribution in [0.15, 0.2) is 0 Å². The van der Waals surface area contributed by atoms with E-state index in [0.29, 0.717) is 0 Å². The van der Waals surface area contributed by atoms with Gasteiger partial charge in [0.1, 0.15) is 0 Å². The predicted octanol–water partition coefficient (Wildman–Crippen LogP) is 2.12. The molecule has 0 aromatic rings. The molecule has 102 valence electrons. The van der Waals surface area contributed by atoms with E-state index in [1.165, 1.54) is 32.2 Å². The molecule has 0 saturated heterocycles. The Morgan fingerprint density at radius 2 is 2.06 bits per heavy atom. The van der Waals surface area contributed by atoms with Gasteiger partial charge in [-0.1, -0.05) is 6.92 Å². The van der Waals surface area contributed by atoms with Crippen LogP contribution in [0.2, 0.25) is 0 Å². The first-order valence-corrected chi connectivity index (χ1v) is 7.23. The molecule has 1 fully saturated rings. The summed E-state index contributed by atoms with van der Waals surface area (Å²) in [5.74, 6) is 0.954. The summed E-state index contributed by atoms with van der Waals surface area (Å²) in [7, 11) is 1.79. The fourth-order valence-electron chi connectivity index (χ4n) is 2.31. The Kier molecular flexibility index (Phi) is 7.82. The minimum atomic E-state index is 0.747. The maximum absolute atomic E-state index is 5.21. The first kappa shape index (κ1) is 14.9. The van der Waals surface area contributed by atoms with E-state index in [2.05, 4.69) is 24.1 Å². The zero-order chi connectivity index (χ0) is 12.5. The summed E-state index contributed by atoms with van der Waals surface area (Å²) in [4.78, 5) is 2.61. The van der Waals surface area contributed by atoms with Gasteiger partial charge in [0.15, 0.2) is 0 Å². The van der Waals surface area contributed by atoms with Crippen LogP contribution in [-0.2, 0) is 4.74 Å². The molecule has 1 N–H and O–H groups in total. The second-order valence-electron chi connectivity index (χ2n) is 5.21. The smallest absolute Gasteiger partial charge is 0.0589 e. The quantitative estimate of drug-likeness (QED) is 0.562. The standard InChI is InChI=1S/C14H30N2O/c1-4-8-15-9-5-10-16(11-12-17-3)13(2)14-6-7-14/h13-15H,4-12H2,1-3H3. The average Bonchev–Trinajstić information content (AvgIpc) is 3.16. The highest BCUT2D eigenvalue weighted by atomic mass is 16.5. The summed E-state index contributed by atoms with van der Waals surface area (Å²) in [6, 6.07) is 0.747. The predicted molar refractivity (Wildman–Crippen MR) is 73.4 cm³/mol. The first-order valence-electron chi connectivity index (χ1n) is 7.23. The minimum Gasteiger partial charge on any atom is -0.383 e. The summed E-state index contributed by atoms with van der Waals surface area (Å²) < 4.78 is 5.21. The number of hydrogen-bond donors (Lipinski definition) is 1. The van der Waals surface area contributed by atoms with Crippen LogP contribution in [0.5, 0.6) is 0 Å². The third-order valence-corrected chi connectivity index (χ3v) is 3.69. The number of rotatable bonds is 11. The summed E-state index contributed by atoms with van der Waals surface area (Å²) in [5, 5.41) is 3.47.